The molecule has 0 radical (unpaired) electrons. The molecule has 0 aliphatic carbocycles. The van der Waals surface area contributed by atoms with E-state index in [1.165, 1.54) is 44.4 Å². The zero-order valence-electron chi connectivity index (χ0n) is 15.4. The van der Waals surface area contributed by atoms with Crippen molar-refractivity contribution in [1.82, 2.24) is 4.57 Å². The van der Waals surface area contributed by atoms with Crippen LogP contribution in [0.5, 0.6) is 0 Å². The van der Waals surface area contributed by atoms with Gasteiger partial charge in [0.25, 0.3) is 0 Å². The highest BCUT2D eigenvalue weighted by molar-refractivity contribution is 5.94. The van der Waals surface area contributed by atoms with Gasteiger partial charge in [0.05, 0.1) is 5.69 Å². The minimum absolute atomic E-state index is 0.0972. The minimum Gasteiger partial charge on any atom is -0.343 e. The SMILES string of the molecule is Cc1cc(C)c(-c2c(C(C)(C)C)c3ccccc3n2C)c(C)c1. The van der Waals surface area contributed by atoms with Gasteiger partial charge in [-0.05, 0) is 48.9 Å². The van der Waals surface area contributed by atoms with Crippen molar-refractivity contribution in [2.45, 2.75) is 47.0 Å². The first kappa shape index (κ1) is 15.9. The lowest BCUT2D eigenvalue weighted by atomic mass is 9.82. The summed E-state index contributed by atoms with van der Waals surface area (Å²) < 4.78 is 2.38. The van der Waals surface area contributed by atoms with Gasteiger partial charge in [0, 0.05) is 23.5 Å². The van der Waals surface area contributed by atoms with Gasteiger partial charge in [0.2, 0.25) is 0 Å². The predicted molar refractivity (Wildman–Crippen MR) is 101 cm³/mol. The lowest BCUT2D eigenvalue weighted by Crippen LogP contribution is -2.13. The fourth-order valence-electron chi connectivity index (χ4n) is 4.00. The molecule has 3 rings (SSSR count). The molecule has 120 valence electrons. The summed E-state index contributed by atoms with van der Waals surface area (Å²) >= 11 is 0. The molecule has 1 nitrogen and oxygen atoms in total. The van der Waals surface area contributed by atoms with Crippen LogP contribution in [0.2, 0.25) is 0 Å². The Kier molecular flexibility index (Phi) is 3.63. The molecule has 1 heteroatoms. The minimum atomic E-state index is 0.0972. The average molecular weight is 305 g/mol. The Balaban J connectivity index is 2.50. The number of hydrogen-bond donors (Lipinski definition) is 0. The molecule has 1 heterocycles. The van der Waals surface area contributed by atoms with E-state index < -0.39 is 0 Å². The standard InChI is InChI=1S/C22H27N/c1-14-12-15(2)19(16(3)13-14)21-20(22(4,5)6)17-10-8-9-11-18(17)23(21)7/h8-13H,1-7H3. The van der Waals surface area contributed by atoms with Gasteiger partial charge < -0.3 is 4.57 Å². The van der Waals surface area contributed by atoms with Crippen LogP contribution in [0.3, 0.4) is 0 Å². The molecular weight excluding hydrogens is 278 g/mol. The van der Waals surface area contributed by atoms with Crippen LogP contribution in [-0.2, 0) is 12.5 Å². The smallest absolute Gasteiger partial charge is 0.0531 e. The van der Waals surface area contributed by atoms with E-state index in [2.05, 4.69) is 89.6 Å². The summed E-state index contributed by atoms with van der Waals surface area (Å²) in [6.07, 6.45) is 0. The fraction of sp³-hybridized carbons (Fsp3) is 0.364. The maximum Gasteiger partial charge on any atom is 0.0531 e. The highest BCUT2D eigenvalue weighted by atomic mass is 15.0. The molecule has 0 saturated carbocycles. The van der Waals surface area contributed by atoms with Crippen LogP contribution in [0.15, 0.2) is 36.4 Å². The molecule has 1 aromatic heterocycles. The van der Waals surface area contributed by atoms with Crippen molar-refractivity contribution in [3.05, 3.63) is 58.7 Å². The van der Waals surface area contributed by atoms with Gasteiger partial charge >= 0.3 is 0 Å². The van der Waals surface area contributed by atoms with Crippen molar-refractivity contribution >= 4 is 10.9 Å². The number of benzene rings is 2. The van der Waals surface area contributed by atoms with Crippen LogP contribution in [0.4, 0.5) is 0 Å². The molecule has 0 aliphatic heterocycles. The molecule has 0 atom stereocenters. The Hall–Kier alpha value is -2.02. The highest BCUT2D eigenvalue weighted by Gasteiger charge is 2.27. The van der Waals surface area contributed by atoms with E-state index in [9.17, 15) is 0 Å². The normalized spacial score (nSPS) is 12.1. The molecule has 0 N–H and O–H groups in total. The summed E-state index contributed by atoms with van der Waals surface area (Å²) in [6, 6.07) is 13.4. The maximum atomic E-state index is 2.38. The molecule has 23 heavy (non-hydrogen) atoms. The number of hydrogen-bond acceptors (Lipinski definition) is 0. The largest absolute Gasteiger partial charge is 0.343 e. The highest BCUT2D eigenvalue weighted by Crippen LogP contribution is 2.42. The van der Waals surface area contributed by atoms with Crippen molar-refractivity contribution in [2.75, 3.05) is 0 Å². The Morgan fingerprint density at radius 2 is 1.43 bits per heavy atom. The van der Waals surface area contributed by atoms with Crippen molar-refractivity contribution in [1.29, 1.82) is 0 Å². The molecule has 0 unspecified atom stereocenters. The summed E-state index contributed by atoms with van der Waals surface area (Å²) in [5, 5.41) is 1.37. The van der Waals surface area contributed by atoms with E-state index in [-0.39, 0.29) is 5.41 Å². The van der Waals surface area contributed by atoms with E-state index in [0.29, 0.717) is 0 Å². The van der Waals surface area contributed by atoms with Gasteiger partial charge in [-0.3, -0.25) is 0 Å². The first-order chi connectivity index (χ1) is 10.7. The molecular formula is C22H27N. The van der Waals surface area contributed by atoms with Gasteiger partial charge in [-0.2, -0.15) is 0 Å². The third-order valence-corrected chi connectivity index (χ3v) is 4.77. The van der Waals surface area contributed by atoms with Crippen LogP contribution >= 0.6 is 0 Å². The number of para-hydroxylation sites is 1. The van der Waals surface area contributed by atoms with Crippen LogP contribution in [-0.4, -0.2) is 4.57 Å². The average Bonchev–Trinajstić information content (AvgIpc) is 2.72. The summed E-state index contributed by atoms with van der Waals surface area (Å²) in [5.74, 6) is 0. The van der Waals surface area contributed by atoms with E-state index in [4.69, 9.17) is 0 Å². The summed E-state index contributed by atoms with van der Waals surface area (Å²) in [6.45, 7) is 13.6. The Bertz CT molecular complexity index is 865. The number of aromatic nitrogens is 1. The zero-order chi connectivity index (χ0) is 16.9. The Labute approximate surface area is 140 Å². The number of rotatable bonds is 1. The third-order valence-electron chi connectivity index (χ3n) is 4.77. The van der Waals surface area contributed by atoms with Crippen LogP contribution < -0.4 is 0 Å². The molecule has 0 spiro atoms. The molecule has 0 aliphatic rings. The monoisotopic (exact) mass is 305 g/mol. The van der Waals surface area contributed by atoms with E-state index in [1.807, 2.05) is 0 Å². The first-order valence-electron chi connectivity index (χ1n) is 8.38. The Morgan fingerprint density at radius 3 is 2.00 bits per heavy atom. The van der Waals surface area contributed by atoms with Crippen LogP contribution in [0.25, 0.3) is 22.2 Å². The number of fused-ring (bicyclic) bond motifs is 1. The zero-order valence-corrected chi connectivity index (χ0v) is 15.4. The Morgan fingerprint density at radius 1 is 0.870 bits per heavy atom. The summed E-state index contributed by atoms with van der Waals surface area (Å²) in [4.78, 5) is 0. The summed E-state index contributed by atoms with van der Waals surface area (Å²) in [7, 11) is 2.20. The summed E-state index contributed by atoms with van der Waals surface area (Å²) in [5.41, 5.74) is 9.67. The van der Waals surface area contributed by atoms with Gasteiger partial charge in [-0.25, -0.2) is 0 Å². The second kappa shape index (κ2) is 5.26. The van der Waals surface area contributed by atoms with Crippen molar-refractivity contribution in [3.63, 3.8) is 0 Å². The number of nitrogens with zero attached hydrogens (tertiary/aromatic N) is 1. The molecule has 0 bridgehead atoms. The van der Waals surface area contributed by atoms with E-state index in [1.54, 1.807) is 0 Å². The van der Waals surface area contributed by atoms with Gasteiger partial charge in [0.15, 0.2) is 0 Å². The van der Waals surface area contributed by atoms with E-state index >= 15 is 0 Å². The van der Waals surface area contributed by atoms with Gasteiger partial charge in [-0.15, -0.1) is 0 Å². The van der Waals surface area contributed by atoms with E-state index in [0.717, 1.165) is 0 Å². The fourth-order valence-corrected chi connectivity index (χ4v) is 4.00. The van der Waals surface area contributed by atoms with Gasteiger partial charge in [-0.1, -0.05) is 56.7 Å². The number of aryl methyl sites for hydroxylation is 4. The van der Waals surface area contributed by atoms with Crippen LogP contribution in [0, 0.1) is 20.8 Å². The lowest BCUT2D eigenvalue weighted by Gasteiger charge is -2.23. The van der Waals surface area contributed by atoms with Gasteiger partial charge in [0.1, 0.15) is 0 Å². The molecule has 0 fully saturated rings. The second-order valence-electron chi connectivity index (χ2n) is 7.82. The lowest BCUT2D eigenvalue weighted by molar-refractivity contribution is 0.595. The molecule has 0 amide bonds. The van der Waals surface area contributed by atoms with Crippen molar-refractivity contribution < 1.29 is 0 Å². The maximum absolute atomic E-state index is 2.38. The van der Waals surface area contributed by atoms with Crippen molar-refractivity contribution in [2.24, 2.45) is 7.05 Å². The molecule has 0 saturated heterocycles. The second-order valence-corrected chi connectivity index (χ2v) is 7.82. The quantitative estimate of drug-likeness (QED) is 0.514. The van der Waals surface area contributed by atoms with Crippen molar-refractivity contribution in [3.8, 4) is 11.3 Å². The predicted octanol–water partition coefficient (Wildman–Crippen LogP) is 6.07. The third kappa shape index (κ3) is 2.49. The topological polar surface area (TPSA) is 4.93 Å². The molecule has 3 aromatic rings. The van der Waals surface area contributed by atoms with Crippen LogP contribution in [0.1, 0.15) is 43.0 Å². The first-order valence-corrected chi connectivity index (χ1v) is 8.38. The molecule has 2 aromatic carbocycles.